The fourth-order valence-electron chi connectivity index (χ4n) is 1.59. The van der Waals surface area contributed by atoms with Crippen molar-refractivity contribution in [2.45, 2.75) is 10.6 Å². The molecule has 0 heterocycles. The van der Waals surface area contributed by atoms with Crippen LogP contribution in [0.3, 0.4) is 0 Å². The molecule has 18 heavy (non-hydrogen) atoms. The lowest BCUT2D eigenvalue weighted by Crippen LogP contribution is -1.97. The van der Waals surface area contributed by atoms with Gasteiger partial charge in [0.25, 0.3) is 0 Å². The molecule has 0 spiro atoms. The molecule has 0 aliphatic carbocycles. The quantitative estimate of drug-likeness (QED) is 0.866. The number of halogens is 1. The van der Waals surface area contributed by atoms with Crippen molar-refractivity contribution in [1.82, 2.24) is 0 Å². The van der Waals surface area contributed by atoms with E-state index in [1.807, 2.05) is 36.4 Å². The summed E-state index contributed by atoms with van der Waals surface area (Å²) in [5, 5.41) is 8.82. The molecule has 1 unspecified atom stereocenters. The minimum atomic E-state index is -1.11. The van der Waals surface area contributed by atoms with Crippen LogP contribution in [0.15, 0.2) is 57.9 Å². The van der Waals surface area contributed by atoms with Gasteiger partial charge in [-0.05, 0) is 45.8 Å². The maximum Gasteiger partial charge on any atom is 0.0991 e. The van der Waals surface area contributed by atoms with E-state index in [1.54, 1.807) is 12.1 Å². The molecule has 1 atom stereocenters. The van der Waals surface area contributed by atoms with E-state index in [9.17, 15) is 4.21 Å². The van der Waals surface area contributed by atoms with Crippen LogP contribution in [0.5, 0.6) is 0 Å². The van der Waals surface area contributed by atoms with Crippen LogP contribution in [0.1, 0.15) is 11.1 Å². The van der Waals surface area contributed by atoms with Gasteiger partial charge in [0, 0.05) is 4.47 Å². The lowest BCUT2D eigenvalue weighted by Gasteiger charge is -2.05. The van der Waals surface area contributed by atoms with Crippen LogP contribution < -0.4 is 0 Å². The van der Waals surface area contributed by atoms with Crippen molar-refractivity contribution in [3.63, 3.8) is 0 Å². The van der Waals surface area contributed by atoms with E-state index in [2.05, 4.69) is 22.0 Å². The Bertz CT molecular complexity index is 634. The predicted octanol–water partition coefficient (Wildman–Crippen LogP) is 3.63. The van der Waals surface area contributed by atoms with Gasteiger partial charge < -0.3 is 0 Å². The molecule has 2 nitrogen and oxygen atoms in total. The molecule has 0 fully saturated rings. The monoisotopic (exact) mass is 319 g/mol. The Morgan fingerprint density at radius 1 is 1.17 bits per heavy atom. The smallest absolute Gasteiger partial charge is 0.0991 e. The highest BCUT2D eigenvalue weighted by atomic mass is 79.9. The van der Waals surface area contributed by atoms with Gasteiger partial charge >= 0.3 is 0 Å². The minimum Gasteiger partial charge on any atom is -0.254 e. The number of nitrogens with zero attached hydrogens (tertiary/aromatic N) is 1. The summed E-state index contributed by atoms with van der Waals surface area (Å²) in [6.45, 7) is 0. The number of hydrogen-bond acceptors (Lipinski definition) is 2. The van der Waals surface area contributed by atoms with E-state index >= 15 is 0 Å². The highest BCUT2D eigenvalue weighted by molar-refractivity contribution is 9.10. The predicted molar refractivity (Wildman–Crippen MR) is 75.4 cm³/mol. The van der Waals surface area contributed by atoms with Gasteiger partial charge in [-0.3, -0.25) is 4.21 Å². The van der Waals surface area contributed by atoms with Gasteiger partial charge in [-0.15, -0.1) is 0 Å². The fraction of sp³-hybridized carbons (Fsp3) is 0.0714. The lowest BCUT2D eigenvalue weighted by atomic mass is 10.2. The van der Waals surface area contributed by atoms with Gasteiger partial charge in [-0.2, -0.15) is 5.26 Å². The molecule has 0 amide bonds. The van der Waals surface area contributed by atoms with Gasteiger partial charge in [0.15, 0.2) is 0 Å². The summed E-state index contributed by atoms with van der Waals surface area (Å²) in [6, 6.07) is 16.8. The molecule has 0 aromatic heterocycles. The van der Waals surface area contributed by atoms with Gasteiger partial charge in [0.05, 0.1) is 33.1 Å². The third-order valence-corrected chi connectivity index (χ3v) is 4.83. The van der Waals surface area contributed by atoms with Crippen LogP contribution in [0.2, 0.25) is 0 Å². The van der Waals surface area contributed by atoms with Crippen LogP contribution in [-0.2, 0) is 16.6 Å². The van der Waals surface area contributed by atoms with Crippen molar-refractivity contribution in [2.24, 2.45) is 0 Å². The third kappa shape index (κ3) is 3.06. The Morgan fingerprint density at radius 2 is 1.94 bits per heavy atom. The summed E-state index contributed by atoms with van der Waals surface area (Å²) in [7, 11) is -1.11. The molecular weight excluding hydrogens is 310 g/mol. The average molecular weight is 320 g/mol. The first kappa shape index (κ1) is 13.0. The van der Waals surface area contributed by atoms with Crippen LogP contribution in [0.25, 0.3) is 0 Å². The first-order chi connectivity index (χ1) is 8.70. The second-order valence-corrected chi connectivity index (χ2v) is 6.01. The highest BCUT2D eigenvalue weighted by Crippen LogP contribution is 2.22. The molecule has 4 heteroatoms. The molecule has 90 valence electrons. The van der Waals surface area contributed by atoms with E-state index in [0.29, 0.717) is 11.3 Å². The molecule has 0 N–H and O–H groups in total. The van der Waals surface area contributed by atoms with Crippen LogP contribution in [0, 0.1) is 11.3 Å². The van der Waals surface area contributed by atoms with Crippen molar-refractivity contribution in [3.8, 4) is 6.07 Å². The number of benzene rings is 2. The van der Waals surface area contributed by atoms with E-state index < -0.39 is 10.8 Å². The molecule has 0 aliphatic rings. The Kier molecular flexibility index (Phi) is 4.29. The Balaban J connectivity index is 2.22. The molecule has 2 aromatic carbocycles. The van der Waals surface area contributed by atoms with E-state index in [1.165, 1.54) is 0 Å². The largest absolute Gasteiger partial charge is 0.254 e. The van der Waals surface area contributed by atoms with Crippen molar-refractivity contribution in [1.29, 1.82) is 5.26 Å². The highest BCUT2D eigenvalue weighted by Gasteiger charge is 2.08. The van der Waals surface area contributed by atoms with E-state index in [-0.39, 0.29) is 0 Å². The maximum absolute atomic E-state index is 12.2. The van der Waals surface area contributed by atoms with Crippen molar-refractivity contribution < 1.29 is 4.21 Å². The Hall–Kier alpha value is -1.44. The standard InChI is InChI=1S/C14H10BrNOS/c15-13-6-1-2-7-14(13)18(17)10-12-5-3-4-11(8-12)9-16/h1-8H,10H2. The summed E-state index contributed by atoms with van der Waals surface area (Å²) in [6.07, 6.45) is 0. The second kappa shape index (κ2) is 5.94. The van der Waals surface area contributed by atoms with Crippen molar-refractivity contribution >= 4 is 26.7 Å². The zero-order chi connectivity index (χ0) is 13.0. The molecule has 0 saturated heterocycles. The average Bonchev–Trinajstić information content (AvgIpc) is 2.39. The van der Waals surface area contributed by atoms with Crippen LogP contribution >= 0.6 is 15.9 Å². The van der Waals surface area contributed by atoms with Crippen molar-refractivity contribution in [2.75, 3.05) is 0 Å². The molecule has 0 radical (unpaired) electrons. The maximum atomic E-state index is 12.2. The van der Waals surface area contributed by atoms with Gasteiger partial charge in [-0.1, -0.05) is 24.3 Å². The molecule has 0 aliphatic heterocycles. The fourth-order valence-corrected chi connectivity index (χ4v) is 3.57. The number of nitriles is 1. The first-order valence-corrected chi connectivity index (χ1v) is 7.44. The first-order valence-electron chi connectivity index (χ1n) is 5.32. The summed E-state index contributed by atoms with van der Waals surface area (Å²) in [5.41, 5.74) is 1.50. The van der Waals surface area contributed by atoms with Gasteiger partial charge in [0.2, 0.25) is 0 Å². The SMILES string of the molecule is N#Cc1cccc(CS(=O)c2ccccc2Br)c1. The summed E-state index contributed by atoms with van der Waals surface area (Å²) in [5.74, 6) is 0.415. The normalized spacial score (nSPS) is 11.8. The summed E-state index contributed by atoms with van der Waals surface area (Å²) >= 11 is 3.39. The number of hydrogen-bond donors (Lipinski definition) is 0. The topological polar surface area (TPSA) is 40.9 Å². The summed E-state index contributed by atoms with van der Waals surface area (Å²) < 4.78 is 13.1. The zero-order valence-corrected chi connectivity index (χ0v) is 11.9. The zero-order valence-electron chi connectivity index (χ0n) is 9.47. The molecule has 0 bridgehead atoms. The molecule has 2 aromatic rings. The van der Waals surface area contributed by atoms with Crippen molar-refractivity contribution in [3.05, 3.63) is 64.1 Å². The lowest BCUT2D eigenvalue weighted by molar-refractivity contribution is 0.682. The molecular formula is C14H10BrNOS. The van der Waals surface area contributed by atoms with Crippen LogP contribution in [0.4, 0.5) is 0 Å². The third-order valence-electron chi connectivity index (χ3n) is 2.44. The summed E-state index contributed by atoms with van der Waals surface area (Å²) in [4.78, 5) is 0.778. The minimum absolute atomic E-state index is 0.415. The van der Waals surface area contributed by atoms with Crippen LogP contribution in [-0.4, -0.2) is 4.21 Å². The second-order valence-electron chi connectivity index (χ2n) is 3.73. The molecule has 2 rings (SSSR count). The van der Waals surface area contributed by atoms with Gasteiger partial charge in [0.1, 0.15) is 0 Å². The Morgan fingerprint density at radius 3 is 2.67 bits per heavy atom. The van der Waals surface area contributed by atoms with E-state index in [0.717, 1.165) is 14.9 Å². The molecule has 0 saturated carbocycles. The Labute approximate surface area is 117 Å². The number of rotatable bonds is 3. The van der Waals surface area contributed by atoms with Gasteiger partial charge in [-0.25, -0.2) is 0 Å². The van der Waals surface area contributed by atoms with E-state index in [4.69, 9.17) is 5.26 Å².